The van der Waals surface area contributed by atoms with Crippen molar-refractivity contribution in [2.75, 3.05) is 0 Å². The SMILES string of the molecule is O=C(O)[O][AlH2].[MgH2]. The molecule has 0 aromatic heterocycles. The van der Waals surface area contributed by atoms with Crippen LogP contribution in [0.3, 0.4) is 0 Å². The fourth-order valence-electron chi connectivity index (χ4n) is 0. The molecule has 0 saturated heterocycles. The molecule has 0 fully saturated rings. The zero-order valence-electron chi connectivity index (χ0n) is 2.76. The van der Waals surface area contributed by atoms with Gasteiger partial charge in [-0.1, -0.05) is 0 Å². The van der Waals surface area contributed by atoms with E-state index in [-0.39, 0.29) is 39.7 Å². The van der Waals surface area contributed by atoms with E-state index in [4.69, 9.17) is 5.11 Å². The molecule has 0 saturated carbocycles. The Morgan fingerprint density at radius 2 is 2.00 bits per heavy atom. The molecular weight excluding hydrogens is 111 g/mol. The summed E-state index contributed by atoms with van der Waals surface area (Å²) >= 11 is 0.274. The Hall–Kier alpha value is 0.569. The van der Waals surface area contributed by atoms with E-state index in [1.165, 1.54) is 0 Å². The summed E-state index contributed by atoms with van der Waals surface area (Å²) < 4.78 is 3.81. The van der Waals surface area contributed by atoms with Crippen LogP contribution in [0.15, 0.2) is 0 Å². The van der Waals surface area contributed by atoms with Crippen LogP contribution < -0.4 is 0 Å². The van der Waals surface area contributed by atoms with Crippen molar-refractivity contribution in [3.63, 3.8) is 0 Å². The third-order valence-electron chi connectivity index (χ3n) is 0.175. The molecule has 5 heteroatoms. The highest BCUT2D eigenvalue weighted by molar-refractivity contribution is 6.03. The molecule has 0 spiro atoms. The molecule has 1 N–H and O–H groups in total. The van der Waals surface area contributed by atoms with Crippen LogP contribution >= 0.6 is 0 Å². The Morgan fingerprint density at radius 3 is 2.00 bits per heavy atom. The molecular formula is CH5AlMgO3. The summed E-state index contributed by atoms with van der Waals surface area (Å²) in [4.78, 5) is 9.18. The summed E-state index contributed by atoms with van der Waals surface area (Å²) in [6, 6.07) is 0. The van der Waals surface area contributed by atoms with Gasteiger partial charge in [-0.2, -0.15) is 0 Å². The Bertz CT molecular complexity index is 46.1. The highest BCUT2D eigenvalue weighted by Crippen LogP contribution is 1.59. The molecule has 0 radical (unpaired) electrons. The molecule has 0 amide bonds. The molecule has 0 rings (SSSR count). The van der Waals surface area contributed by atoms with Crippen molar-refractivity contribution >= 4 is 45.8 Å². The zero-order chi connectivity index (χ0) is 4.28. The number of hydrogen-bond donors (Lipinski definition) is 1. The first-order valence-electron chi connectivity index (χ1n) is 1.04. The number of rotatable bonds is 0. The summed E-state index contributed by atoms with van der Waals surface area (Å²) in [5, 5.41) is 7.53. The average molecular weight is 116 g/mol. The molecule has 3 nitrogen and oxygen atoms in total. The molecule has 0 heterocycles. The second kappa shape index (κ2) is 5.57. The zero-order valence-corrected chi connectivity index (χ0v) is 4.76. The first-order chi connectivity index (χ1) is 2.27. The van der Waals surface area contributed by atoms with Gasteiger partial charge in [0.1, 0.15) is 0 Å². The van der Waals surface area contributed by atoms with E-state index < -0.39 is 6.16 Å². The highest BCUT2D eigenvalue weighted by atomic mass is 27.1. The van der Waals surface area contributed by atoms with Crippen molar-refractivity contribution in [1.29, 1.82) is 0 Å². The molecule has 0 atom stereocenters. The van der Waals surface area contributed by atoms with Gasteiger partial charge in [0.15, 0.2) is 0 Å². The quantitative estimate of drug-likeness (QED) is 0.384. The van der Waals surface area contributed by atoms with Gasteiger partial charge in [-0.05, 0) is 0 Å². The first-order valence-corrected chi connectivity index (χ1v) is 1.86. The van der Waals surface area contributed by atoms with Gasteiger partial charge < -0.3 is 8.90 Å². The normalized spacial score (nSPS) is 5.33. The topological polar surface area (TPSA) is 46.5 Å². The lowest BCUT2D eigenvalue weighted by atomic mass is 11.5. The van der Waals surface area contributed by atoms with Crippen LogP contribution in [0.2, 0.25) is 0 Å². The number of carbonyl (C=O) groups is 1. The second-order valence-electron chi connectivity index (χ2n) is 0.470. The van der Waals surface area contributed by atoms with Crippen LogP contribution in [-0.2, 0) is 3.79 Å². The predicted molar refractivity (Wildman–Crippen MR) is 26.2 cm³/mol. The van der Waals surface area contributed by atoms with Crippen molar-refractivity contribution in [3.8, 4) is 0 Å². The van der Waals surface area contributed by atoms with Gasteiger partial charge in [-0.3, -0.25) is 0 Å². The van der Waals surface area contributed by atoms with Crippen molar-refractivity contribution in [2.45, 2.75) is 0 Å². The van der Waals surface area contributed by atoms with E-state index in [2.05, 4.69) is 3.79 Å². The Labute approximate surface area is 59.6 Å². The summed E-state index contributed by atoms with van der Waals surface area (Å²) in [5.41, 5.74) is 0. The van der Waals surface area contributed by atoms with Gasteiger partial charge in [-0.25, -0.2) is 4.79 Å². The van der Waals surface area contributed by atoms with Crippen LogP contribution in [0.5, 0.6) is 0 Å². The van der Waals surface area contributed by atoms with Crippen molar-refractivity contribution in [3.05, 3.63) is 0 Å². The van der Waals surface area contributed by atoms with Crippen LogP contribution in [0.1, 0.15) is 0 Å². The van der Waals surface area contributed by atoms with Gasteiger partial charge in [-0.15, -0.1) is 0 Å². The van der Waals surface area contributed by atoms with E-state index in [0.717, 1.165) is 0 Å². The van der Waals surface area contributed by atoms with Crippen molar-refractivity contribution in [1.82, 2.24) is 0 Å². The standard InChI is InChI=1S/CH2O3.Al.Mg.4H/c2-1(3)4;;;;;;/h(H2,2,3,4);;;;;;/q;+1;;;;;/p-1. The average Bonchev–Trinajstić information content (AvgIpc) is 1.38. The van der Waals surface area contributed by atoms with E-state index in [1.807, 2.05) is 0 Å². The highest BCUT2D eigenvalue weighted by Gasteiger charge is 1.79. The predicted octanol–water partition coefficient (Wildman–Crippen LogP) is -1.69. The van der Waals surface area contributed by atoms with E-state index in [9.17, 15) is 4.79 Å². The molecule has 0 aliphatic rings. The third-order valence-corrected chi connectivity index (χ3v) is 0.524. The van der Waals surface area contributed by atoms with Gasteiger partial charge in [0.25, 0.3) is 0 Å². The lowest BCUT2D eigenvalue weighted by molar-refractivity contribution is 0.148. The van der Waals surface area contributed by atoms with Gasteiger partial charge in [0.2, 0.25) is 0 Å². The molecule has 32 valence electrons. The summed E-state index contributed by atoms with van der Waals surface area (Å²) in [5.74, 6) is 0. The summed E-state index contributed by atoms with van der Waals surface area (Å²) in [6.07, 6.45) is -1.18. The van der Waals surface area contributed by atoms with Crippen LogP contribution in [0, 0.1) is 0 Å². The lowest BCUT2D eigenvalue weighted by Gasteiger charge is -1.82. The van der Waals surface area contributed by atoms with Crippen molar-refractivity contribution < 1.29 is 13.7 Å². The first kappa shape index (κ1) is 9.76. The van der Waals surface area contributed by atoms with Crippen molar-refractivity contribution in [2.24, 2.45) is 0 Å². The molecule has 0 aromatic rings. The van der Waals surface area contributed by atoms with E-state index >= 15 is 0 Å². The lowest BCUT2D eigenvalue weighted by Crippen LogP contribution is -1.92. The minimum atomic E-state index is -1.18. The number of carboxylic acid groups (broad SMARTS) is 1. The largest absolute Gasteiger partial charge is 0.591 e. The molecule has 0 aliphatic heterocycles. The molecule has 0 aromatic carbocycles. The van der Waals surface area contributed by atoms with Gasteiger partial charge in [0.05, 0.1) is 0 Å². The summed E-state index contributed by atoms with van der Waals surface area (Å²) in [6.45, 7) is 0. The van der Waals surface area contributed by atoms with Crippen LogP contribution in [-0.4, -0.2) is 50.9 Å². The minimum absolute atomic E-state index is 0. The fourth-order valence-corrected chi connectivity index (χ4v) is 0. The second-order valence-corrected chi connectivity index (χ2v) is 0.878. The minimum Gasteiger partial charge on any atom is -0.591 e. The molecule has 6 heavy (non-hydrogen) atoms. The molecule has 0 aliphatic carbocycles. The summed E-state index contributed by atoms with van der Waals surface area (Å²) in [7, 11) is 0. The maximum absolute atomic E-state index is 9.18. The third kappa shape index (κ3) is 8.82. The van der Waals surface area contributed by atoms with E-state index in [1.54, 1.807) is 0 Å². The molecule has 0 bridgehead atoms. The van der Waals surface area contributed by atoms with Gasteiger partial charge in [0, 0.05) is 0 Å². The van der Waals surface area contributed by atoms with Crippen LogP contribution in [0.25, 0.3) is 0 Å². The Kier molecular flexibility index (Phi) is 9.06. The number of hydrogen-bond acceptors (Lipinski definition) is 2. The Balaban J connectivity index is 0. The van der Waals surface area contributed by atoms with Crippen LogP contribution in [0.4, 0.5) is 4.79 Å². The Morgan fingerprint density at radius 1 is 1.83 bits per heavy atom. The molecule has 0 unspecified atom stereocenters. The van der Waals surface area contributed by atoms with Gasteiger partial charge >= 0.3 is 45.8 Å². The fraction of sp³-hybridized carbons (Fsp3) is 0. The van der Waals surface area contributed by atoms with E-state index in [0.29, 0.717) is 0 Å². The maximum atomic E-state index is 9.18. The monoisotopic (exact) mass is 116 g/mol. The maximum Gasteiger partial charge on any atom is 0.504 e. The smallest absolute Gasteiger partial charge is 0.504 e.